The summed E-state index contributed by atoms with van der Waals surface area (Å²) in [6.45, 7) is 1.62. The molecule has 7 heteroatoms. The molecule has 0 bridgehead atoms. The lowest BCUT2D eigenvalue weighted by atomic mass is 10.2. The van der Waals surface area contributed by atoms with E-state index in [9.17, 15) is 8.78 Å². The Morgan fingerprint density at radius 1 is 1.00 bits per heavy atom. The molecular weight excluding hydrogens is 282 g/mol. The Hall–Kier alpha value is -1.50. The van der Waals surface area contributed by atoms with E-state index in [4.69, 9.17) is 0 Å². The maximum atomic E-state index is 13.2. The number of rotatable bonds is 1. The minimum absolute atomic E-state index is 0.0795. The second-order valence-electron chi connectivity index (χ2n) is 3.02. The summed E-state index contributed by atoms with van der Waals surface area (Å²) in [5, 5.41) is 14.7. The smallest absolute Gasteiger partial charge is 0.203 e. The maximum absolute atomic E-state index is 13.2. The Morgan fingerprint density at radius 2 is 1.50 bits per heavy atom. The quantitative estimate of drug-likeness (QED) is 0.755. The van der Waals surface area contributed by atoms with Crippen LogP contribution in [0.2, 0.25) is 0 Å². The van der Waals surface area contributed by atoms with Crippen molar-refractivity contribution in [1.29, 1.82) is 0 Å². The molecule has 0 spiro atoms. The van der Waals surface area contributed by atoms with E-state index in [0.717, 1.165) is 12.1 Å². The highest BCUT2D eigenvalue weighted by molar-refractivity contribution is 9.10. The van der Waals surface area contributed by atoms with Gasteiger partial charge in [-0.2, -0.15) is 0 Å². The molecule has 82 valence electrons. The van der Waals surface area contributed by atoms with Gasteiger partial charge in [0.05, 0.1) is 4.47 Å². The number of hydrogen-bond donors (Lipinski definition) is 0. The molecule has 4 nitrogen and oxygen atoms in total. The van der Waals surface area contributed by atoms with Crippen LogP contribution < -0.4 is 0 Å². The summed E-state index contributed by atoms with van der Waals surface area (Å²) in [7, 11) is 0. The highest BCUT2D eigenvalue weighted by atomic mass is 79.9. The number of hydrogen-bond acceptors (Lipinski definition) is 4. The topological polar surface area (TPSA) is 51.6 Å². The van der Waals surface area contributed by atoms with Crippen LogP contribution in [0.15, 0.2) is 16.6 Å². The van der Waals surface area contributed by atoms with Gasteiger partial charge in [-0.1, -0.05) is 0 Å². The van der Waals surface area contributed by atoms with Crippen molar-refractivity contribution in [2.75, 3.05) is 0 Å². The van der Waals surface area contributed by atoms with Crippen LogP contribution in [-0.2, 0) is 0 Å². The minimum Gasteiger partial charge on any atom is -0.206 e. The number of nitrogens with zero attached hydrogens (tertiary/aromatic N) is 4. The van der Waals surface area contributed by atoms with Gasteiger partial charge < -0.3 is 0 Å². The Labute approximate surface area is 97.9 Å². The van der Waals surface area contributed by atoms with Crippen LogP contribution in [0.5, 0.6) is 0 Å². The third-order valence-corrected chi connectivity index (χ3v) is 2.58. The summed E-state index contributed by atoms with van der Waals surface area (Å²) < 4.78 is 26.2. The standard InChI is InChI=1S/C9H5BrF2N4/c1-4-13-15-9(16-14-4)5-2-6(11)8(10)7(12)3-5/h2-3H,1H3. The molecule has 1 heterocycles. The fraction of sp³-hybridized carbons (Fsp3) is 0.111. The normalized spacial score (nSPS) is 10.5. The average molecular weight is 287 g/mol. The molecule has 1 aromatic heterocycles. The van der Waals surface area contributed by atoms with Crippen molar-refractivity contribution in [3.63, 3.8) is 0 Å². The lowest BCUT2D eigenvalue weighted by Crippen LogP contribution is -1.99. The highest BCUT2D eigenvalue weighted by Crippen LogP contribution is 2.24. The van der Waals surface area contributed by atoms with Crippen LogP contribution in [0.3, 0.4) is 0 Å². The van der Waals surface area contributed by atoms with Gasteiger partial charge in [0.1, 0.15) is 11.6 Å². The predicted octanol–water partition coefficient (Wildman–Crippen LogP) is 2.28. The Bertz CT molecular complexity index is 507. The molecule has 0 saturated heterocycles. The number of aromatic nitrogens is 4. The molecule has 0 unspecified atom stereocenters. The van der Waals surface area contributed by atoms with E-state index < -0.39 is 11.6 Å². The Morgan fingerprint density at radius 3 is 2.00 bits per heavy atom. The zero-order valence-electron chi connectivity index (χ0n) is 8.08. The summed E-state index contributed by atoms with van der Waals surface area (Å²) in [6, 6.07) is 2.22. The molecule has 0 aliphatic rings. The molecule has 0 atom stereocenters. The molecule has 0 fully saturated rings. The van der Waals surface area contributed by atoms with Gasteiger partial charge in [0, 0.05) is 5.56 Å². The van der Waals surface area contributed by atoms with Crippen molar-refractivity contribution < 1.29 is 8.78 Å². The molecule has 0 amide bonds. The van der Waals surface area contributed by atoms with Crippen LogP contribution in [0.4, 0.5) is 8.78 Å². The summed E-state index contributed by atoms with van der Waals surface area (Å²) >= 11 is 2.78. The van der Waals surface area contributed by atoms with Crippen LogP contribution in [0, 0.1) is 18.6 Å². The van der Waals surface area contributed by atoms with Gasteiger partial charge in [-0.05, 0) is 35.0 Å². The second-order valence-corrected chi connectivity index (χ2v) is 3.82. The van der Waals surface area contributed by atoms with Crippen LogP contribution >= 0.6 is 15.9 Å². The van der Waals surface area contributed by atoms with E-state index in [1.807, 2.05) is 0 Å². The largest absolute Gasteiger partial charge is 0.206 e. The highest BCUT2D eigenvalue weighted by Gasteiger charge is 2.11. The zero-order valence-corrected chi connectivity index (χ0v) is 9.66. The second kappa shape index (κ2) is 4.17. The van der Waals surface area contributed by atoms with Gasteiger partial charge in [0.25, 0.3) is 0 Å². The van der Waals surface area contributed by atoms with Crippen molar-refractivity contribution >= 4 is 15.9 Å². The molecule has 0 radical (unpaired) electrons. The number of aryl methyl sites for hydroxylation is 1. The summed E-state index contributed by atoms with van der Waals surface area (Å²) in [4.78, 5) is 0. The molecule has 2 aromatic rings. The van der Waals surface area contributed by atoms with Crippen molar-refractivity contribution in [2.45, 2.75) is 6.92 Å². The molecule has 0 aliphatic heterocycles. The molecule has 0 N–H and O–H groups in total. The van der Waals surface area contributed by atoms with Crippen molar-refractivity contribution in [1.82, 2.24) is 20.4 Å². The molecule has 2 rings (SSSR count). The van der Waals surface area contributed by atoms with Gasteiger partial charge in [0.15, 0.2) is 5.82 Å². The van der Waals surface area contributed by atoms with Crippen LogP contribution in [0.25, 0.3) is 11.4 Å². The zero-order chi connectivity index (χ0) is 11.7. The third-order valence-electron chi connectivity index (χ3n) is 1.82. The van der Waals surface area contributed by atoms with Gasteiger partial charge in [0.2, 0.25) is 5.82 Å². The fourth-order valence-corrected chi connectivity index (χ4v) is 1.31. The third kappa shape index (κ3) is 2.04. The van der Waals surface area contributed by atoms with E-state index in [0.29, 0.717) is 5.82 Å². The van der Waals surface area contributed by atoms with Gasteiger partial charge in [-0.3, -0.25) is 0 Å². The molecule has 0 saturated carbocycles. The molecule has 0 aliphatic carbocycles. The molecular formula is C9H5BrF2N4. The van der Waals surface area contributed by atoms with Crippen molar-refractivity contribution in [2.24, 2.45) is 0 Å². The van der Waals surface area contributed by atoms with Crippen molar-refractivity contribution in [3.05, 3.63) is 34.1 Å². The van der Waals surface area contributed by atoms with Gasteiger partial charge >= 0.3 is 0 Å². The van der Waals surface area contributed by atoms with E-state index in [1.165, 1.54) is 0 Å². The first kappa shape index (κ1) is 11.0. The van der Waals surface area contributed by atoms with E-state index in [1.54, 1.807) is 6.92 Å². The van der Waals surface area contributed by atoms with Gasteiger partial charge in [-0.15, -0.1) is 20.4 Å². The van der Waals surface area contributed by atoms with Gasteiger partial charge in [-0.25, -0.2) is 8.78 Å². The lowest BCUT2D eigenvalue weighted by Gasteiger charge is -2.01. The maximum Gasteiger partial charge on any atom is 0.203 e. The first-order chi connectivity index (χ1) is 7.58. The van der Waals surface area contributed by atoms with E-state index >= 15 is 0 Å². The Kier molecular flexibility index (Phi) is 2.86. The SMILES string of the molecule is Cc1nnc(-c2cc(F)c(Br)c(F)c2)nn1. The first-order valence-electron chi connectivity index (χ1n) is 4.27. The monoisotopic (exact) mass is 286 g/mol. The fourth-order valence-electron chi connectivity index (χ4n) is 1.08. The predicted molar refractivity (Wildman–Crippen MR) is 55.4 cm³/mol. The molecule has 1 aromatic carbocycles. The van der Waals surface area contributed by atoms with Crippen molar-refractivity contribution in [3.8, 4) is 11.4 Å². The number of benzene rings is 1. The summed E-state index contributed by atoms with van der Waals surface area (Å²) in [5.41, 5.74) is 0.193. The summed E-state index contributed by atoms with van der Waals surface area (Å²) in [6.07, 6.45) is 0. The first-order valence-corrected chi connectivity index (χ1v) is 5.06. The van der Waals surface area contributed by atoms with Crippen LogP contribution in [-0.4, -0.2) is 20.4 Å². The molecule has 16 heavy (non-hydrogen) atoms. The van der Waals surface area contributed by atoms with E-state index in [-0.39, 0.29) is 15.9 Å². The number of halogens is 3. The average Bonchev–Trinajstić information content (AvgIpc) is 2.26. The lowest BCUT2D eigenvalue weighted by molar-refractivity contribution is 0.572. The van der Waals surface area contributed by atoms with Crippen LogP contribution in [0.1, 0.15) is 5.82 Å². The summed E-state index contributed by atoms with van der Waals surface area (Å²) in [5.74, 6) is -0.976. The Balaban J connectivity index is 2.52. The van der Waals surface area contributed by atoms with E-state index in [2.05, 4.69) is 36.3 Å². The minimum atomic E-state index is -0.723.